The largest absolute Gasteiger partial charge is 0.383 e. The lowest BCUT2D eigenvalue weighted by Crippen LogP contribution is -2.31. The summed E-state index contributed by atoms with van der Waals surface area (Å²) in [5.41, 5.74) is 7.69. The summed E-state index contributed by atoms with van der Waals surface area (Å²) in [7, 11) is 1.58. The van der Waals surface area contributed by atoms with Crippen LogP contribution < -0.4 is 5.73 Å². The highest BCUT2D eigenvalue weighted by molar-refractivity contribution is 6.21. The topological polar surface area (TPSA) is 103 Å². The molecule has 2 aromatic rings. The van der Waals surface area contributed by atoms with Crippen LogP contribution in [0.1, 0.15) is 38.9 Å². The van der Waals surface area contributed by atoms with Crippen molar-refractivity contribution in [2.75, 3.05) is 20.3 Å². The molecule has 0 fully saturated rings. The Balaban J connectivity index is 1.61. The second kappa shape index (κ2) is 6.90. The van der Waals surface area contributed by atoms with Crippen LogP contribution in [0.15, 0.2) is 30.5 Å². The van der Waals surface area contributed by atoms with E-state index in [1.54, 1.807) is 42.3 Å². The van der Waals surface area contributed by atoms with Crippen LogP contribution in [0.25, 0.3) is 0 Å². The van der Waals surface area contributed by atoms with E-state index in [-0.39, 0.29) is 17.9 Å². The van der Waals surface area contributed by atoms with Gasteiger partial charge < -0.3 is 10.5 Å². The zero-order chi connectivity index (χ0) is 17.1. The Labute approximate surface area is 139 Å². The van der Waals surface area contributed by atoms with Gasteiger partial charge in [-0.1, -0.05) is 17.3 Å². The molecule has 0 saturated heterocycles. The molecule has 0 saturated carbocycles. The van der Waals surface area contributed by atoms with Gasteiger partial charge in [-0.2, -0.15) is 0 Å². The number of nitrogens with zero attached hydrogens (tertiary/aromatic N) is 4. The van der Waals surface area contributed by atoms with Crippen molar-refractivity contribution in [1.82, 2.24) is 19.9 Å². The van der Waals surface area contributed by atoms with Crippen LogP contribution in [-0.2, 0) is 11.3 Å². The zero-order valence-corrected chi connectivity index (χ0v) is 13.4. The Morgan fingerprint density at radius 3 is 2.46 bits per heavy atom. The van der Waals surface area contributed by atoms with E-state index in [9.17, 15) is 9.59 Å². The summed E-state index contributed by atoms with van der Waals surface area (Å²) in [6, 6.07) is 6.55. The van der Waals surface area contributed by atoms with E-state index in [0.717, 1.165) is 5.69 Å². The van der Waals surface area contributed by atoms with Gasteiger partial charge in [0, 0.05) is 20.2 Å². The number of aromatic nitrogens is 3. The van der Waals surface area contributed by atoms with Crippen LogP contribution in [0.2, 0.25) is 0 Å². The number of rotatable bonds is 7. The van der Waals surface area contributed by atoms with Crippen molar-refractivity contribution < 1.29 is 14.3 Å². The van der Waals surface area contributed by atoms with Crippen LogP contribution >= 0.6 is 0 Å². The molecule has 8 heteroatoms. The summed E-state index contributed by atoms with van der Waals surface area (Å²) in [4.78, 5) is 25.9. The second-order valence-corrected chi connectivity index (χ2v) is 5.60. The number of carbonyl (C=O) groups is 2. The highest BCUT2D eigenvalue weighted by atomic mass is 16.5. The molecular weight excluding hydrogens is 310 g/mol. The molecule has 2 heterocycles. The first-order valence-electron chi connectivity index (χ1n) is 7.71. The maximum absolute atomic E-state index is 12.3. The maximum atomic E-state index is 12.3. The Morgan fingerprint density at radius 2 is 1.83 bits per heavy atom. The van der Waals surface area contributed by atoms with E-state index < -0.39 is 0 Å². The summed E-state index contributed by atoms with van der Waals surface area (Å²) < 4.78 is 6.72. The monoisotopic (exact) mass is 329 g/mol. The van der Waals surface area contributed by atoms with E-state index in [0.29, 0.717) is 37.2 Å². The van der Waals surface area contributed by atoms with Gasteiger partial charge in [-0.05, 0) is 18.6 Å². The number of ether oxygens (including phenoxy) is 1. The van der Waals surface area contributed by atoms with Crippen LogP contribution in [0.5, 0.6) is 0 Å². The number of hydrogen-bond donors (Lipinski definition) is 1. The molecule has 0 bridgehead atoms. The fourth-order valence-electron chi connectivity index (χ4n) is 2.81. The van der Waals surface area contributed by atoms with Crippen LogP contribution in [0.4, 0.5) is 0 Å². The fourth-order valence-corrected chi connectivity index (χ4v) is 2.81. The molecule has 0 unspecified atom stereocenters. The van der Waals surface area contributed by atoms with Crippen molar-refractivity contribution in [2.24, 2.45) is 5.73 Å². The van der Waals surface area contributed by atoms with E-state index in [2.05, 4.69) is 10.3 Å². The molecular formula is C16H19N5O3. The molecule has 0 radical (unpaired) electrons. The lowest BCUT2D eigenvalue weighted by atomic mass is 10.1. The number of methoxy groups -OCH3 is 1. The molecule has 0 aliphatic carbocycles. The molecule has 2 N–H and O–H groups in total. The Kier molecular flexibility index (Phi) is 4.68. The lowest BCUT2D eigenvalue weighted by molar-refractivity contribution is 0.0650. The number of carbonyl (C=O) groups excluding carboxylic acids is 2. The Hall–Kier alpha value is -2.58. The lowest BCUT2D eigenvalue weighted by Gasteiger charge is -2.15. The minimum absolute atomic E-state index is 0.245. The van der Waals surface area contributed by atoms with Crippen molar-refractivity contribution in [3.63, 3.8) is 0 Å². The Morgan fingerprint density at radius 1 is 1.17 bits per heavy atom. The number of benzene rings is 1. The minimum atomic E-state index is -0.315. The number of imide groups is 1. The van der Waals surface area contributed by atoms with E-state index in [4.69, 9.17) is 10.5 Å². The smallest absolute Gasteiger partial charge is 0.261 e. The molecule has 126 valence electrons. The van der Waals surface area contributed by atoms with Crippen LogP contribution in [0.3, 0.4) is 0 Å². The predicted molar refractivity (Wildman–Crippen MR) is 85.3 cm³/mol. The van der Waals surface area contributed by atoms with Crippen LogP contribution in [-0.4, -0.2) is 52.0 Å². The molecule has 1 atom stereocenters. The minimum Gasteiger partial charge on any atom is -0.383 e. The standard InChI is InChI=1S/C16H19N5O3/c1-24-10-13(17)14-9-18-19-21(14)8-4-7-20-15(22)11-5-2-3-6-12(11)16(20)23/h2-3,5-6,9,13H,4,7-8,10,17H2,1H3/t13-/m1/s1. The summed E-state index contributed by atoms with van der Waals surface area (Å²) in [5.74, 6) is -0.490. The molecule has 24 heavy (non-hydrogen) atoms. The normalized spacial score (nSPS) is 15.0. The van der Waals surface area contributed by atoms with Gasteiger partial charge in [-0.15, -0.1) is 5.10 Å². The molecule has 3 rings (SSSR count). The van der Waals surface area contributed by atoms with Crippen molar-refractivity contribution in [2.45, 2.75) is 19.0 Å². The maximum Gasteiger partial charge on any atom is 0.261 e. The Bertz CT molecular complexity index is 723. The highest BCUT2D eigenvalue weighted by Gasteiger charge is 2.34. The van der Waals surface area contributed by atoms with Crippen molar-refractivity contribution >= 4 is 11.8 Å². The van der Waals surface area contributed by atoms with Crippen molar-refractivity contribution in [3.05, 3.63) is 47.3 Å². The van der Waals surface area contributed by atoms with Crippen molar-refractivity contribution in [1.29, 1.82) is 0 Å². The predicted octanol–water partition coefficient (Wildman–Crippen LogP) is 0.611. The first-order valence-corrected chi connectivity index (χ1v) is 7.71. The fraction of sp³-hybridized carbons (Fsp3) is 0.375. The SMILES string of the molecule is COC[C@@H](N)c1cnnn1CCCN1C(=O)c2ccccc2C1=O. The molecule has 1 aliphatic rings. The first kappa shape index (κ1) is 16.3. The second-order valence-electron chi connectivity index (χ2n) is 5.60. The van der Waals surface area contributed by atoms with Gasteiger partial charge in [0.2, 0.25) is 0 Å². The van der Waals surface area contributed by atoms with E-state index in [1.165, 1.54) is 4.90 Å². The molecule has 0 spiro atoms. The number of fused-ring (bicyclic) bond motifs is 1. The van der Waals surface area contributed by atoms with Gasteiger partial charge in [-0.3, -0.25) is 14.5 Å². The summed E-state index contributed by atoms with van der Waals surface area (Å²) in [6.45, 7) is 1.21. The molecule has 1 aliphatic heterocycles. The third-order valence-corrected chi connectivity index (χ3v) is 4.00. The summed E-state index contributed by atoms with van der Waals surface area (Å²) in [5, 5.41) is 7.87. The summed E-state index contributed by atoms with van der Waals surface area (Å²) in [6.07, 6.45) is 2.17. The van der Waals surface area contributed by atoms with Gasteiger partial charge in [0.15, 0.2) is 0 Å². The van der Waals surface area contributed by atoms with Gasteiger partial charge in [-0.25, -0.2) is 4.68 Å². The van der Waals surface area contributed by atoms with Crippen molar-refractivity contribution in [3.8, 4) is 0 Å². The number of aryl methyl sites for hydroxylation is 1. The highest BCUT2D eigenvalue weighted by Crippen LogP contribution is 2.22. The first-order chi connectivity index (χ1) is 11.6. The zero-order valence-electron chi connectivity index (χ0n) is 13.4. The third-order valence-electron chi connectivity index (χ3n) is 4.00. The molecule has 8 nitrogen and oxygen atoms in total. The van der Waals surface area contributed by atoms with Gasteiger partial charge >= 0.3 is 0 Å². The molecule has 1 aromatic heterocycles. The number of nitrogens with two attached hydrogens (primary N) is 1. The quantitative estimate of drug-likeness (QED) is 0.747. The average Bonchev–Trinajstić information content (AvgIpc) is 3.14. The molecule has 1 aromatic carbocycles. The average molecular weight is 329 g/mol. The van der Waals surface area contributed by atoms with E-state index >= 15 is 0 Å². The van der Waals surface area contributed by atoms with Gasteiger partial charge in [0.1, 0.15) is 0 Å². The van der Waals surface area contributed by atoms with E-state index in [1.807, 2.05) is 0 Å². The summed E-state index contributed by atoms with van der Waals surface area (Å²) >= 11 is 0. The molecule has 2 amide bonds. The van der Waals surface area contributed by atoms with Gasteiger partial charge in [0.25, 0.3) is 11.8 Å². The number of hydrogen-bond acceptors (Lipinski definition) is 6. The van der Waals surface area contributed by atoms with Gasteiger partial charge in [0.05, 0.1) is 35.7 Å². The number of amides is 2. The third kappa shape index (κ3) is 2.93. The van der Waals surface area contributed by atoms with Crippen LogP contribution in [0, 0.1) is 0 Å².